The fourth-order valence-corrected chi connectivity index (χ4v) is 2.10. The zero-order valence-electron chi connectivity index (χ0n) is 12.1. The maximum atomic E-state index is 9.71. The van der Waals surface area contributed by atoms with Crippen molar-refractivity contribution in [3.05, 3.63) is 23.8 Å². The Morgan fingerprint density at radius 3 is 2.47 bits per heavy atom. The van der Waals surface area contributed by atoms with E-state index >= 15 is 0 Å². The molecule has 0 saturated carbocycles. The first-order valence-corrected chi connectivity index (χ1v) is 6.61. The van der Waals surface area contributed by atoms with Crippen molar-refractivity contribution in [3.8, 4) is 11.5 Å². The van der Waals surface area contributed by atoms with Gasteiger partial charge in [-0.3, -0.25) is 0 Å². The normalized spacial score (nSPS) is 14.8. The number of fused-ring (bicyclic) bond motifs is 1. The Morgan fingerprint density at radius 2 is 1.79 bits per heavy atom. The molecule has 0 fully saturated rings. The van der Waals surface area contributed by atoms with Gasteiger partial charge in [-0.2, -0.15) is 0 Å². The molecule has 19 heavy (non-hydrogen) atoms. The standard InChI is InChI=1S/C15H23NO3/c1-14(2,8-16-9-15(3,4)17)11-5-6-12-13(7-11)19-10-18-12/h5-7,16-17H,8-10H2,1-4H3. The Labute approximate surface area is 114 Å². The Balaban J connectivity index is 2.03. The summed E-state index contributed by atoms with van der Waals surface area (Å²) in [6, 6.07) is 6.06. The number of rotatable bonds is 5. The van der Waals surface area contributed by atoms with Crippen molar-refractivity contribution in [3.63, 3.8) is 0 Å². The fourth-order valence-electron chi connectivity index (χ4n) is 2.10. The first-order valence-electron chi connectivity index (χ1n) is 6.61. The predicted octanol–water partition coefficient (Wildman–Crippen LogP) is 2.05. The van der Waals surface area contributed by atoms with E-state index in [2.05, 4.69) is 25.2 Å². The van der Waals surface area contributed by atoms with Gasteiger partial charge in [-0.1, -0.05) is 19.9 Å². The molecule has 2 N–H and O–H groups in total. The first kappa shape index (κ1) is 14.2. The maximum absolute atomic E-state index is 9.71. The summed E-state index contributed by atoms with van der Waals surface area (Å²) in [6.45, 7) is 9.60. The molecular weight excluding hydrogens is 242 g/mol. The topological polar surface area (TPSA) is 50.7 Å². The number of aliphatic hydroxyl groups is 1. The lowest BCUT2D eigenvalue weighted by Crippen LogP contribution is -2.41. The van der Waals surface area contributed by atoms with Gasteiger partial charge in [-0.15, -0.1) is 0 Å². The third-order valence-electron chi connectivity index (χ3n) is 3.28. The van der Waals surface area contributed by atoms with Crippen molar-refractivity contribution in [2.45, 2.75) is 38.7 Å². The third-order valence-corrected chi connectivity index (χ3v) is 3.28. The van der Waals surface area contributed by atoms with E-state index in [4.69, 9.17) is 9.47 Å². The second-order valence-corrected chi connectivity index (χ2v) is 6.37. The molecular formula is C15H23NO3. The minimum absolute atomic E-state index is 0.0355. The molecule has 0 amide bonds. The van der Waals surface area contributed by atoms with Crippen LogP contribution in [-0.4, -0.2) is 30.6 Å². The summed E-state index contributed by atoms with van der Waals surface area (Å²) in [4.78, 5) is 0. The number of nitrogens with one attached hydrogen (secondary N) is 1. The molecule has 106 valence electrons. The molecule has 0 spiro atoms. The molecule has 0 radical (unpaired) electrons. The van der Waals surface area contributed by atoms with Crippen molar-refractivity contribution in [1.82, 2.24) is 5.32 Å². The molecule has 0 unspecified atom stereocenters. The number of benzene rings is 1. The molecule has 1 aliphatic rings. The molecule has 0 aromatic heterocycles. The van der Waals surface area contributed by atoms with Crippen molar-refractivity contribution < 1.29 is 14.6 Å². The van der Waals surface area contributed by atoms with Crippen LogP contribution < -0.4 is 14.8 Å². The Hall–Kier alpha value is -1.26. The van der Waals surface area contributed by atoms with Gasteiger partial charge in [0.15, 0.2) is 11.5 Å². The lowest BCUT2D eigenvalue weighted by atomic mass is 9.84. The third kappa shape index (κ3) is 3.61. The number of hydrogen-bond acceptors (Lipinski definition) is 4. The Morgan fingerprint density at radius 1 is 1.11 bits per heavy atom. The van der Waals surface area contributed by atoms with Gasteiger partial charge >= 0.3 is 0 Å². The van der Waals surface area contributed by atoms with E-state index in [1.54, 1.807) is 13.8 Å². The summed E-state index contributed by atoms with van der Waals surface area (Å²) < 4.78 is 10.7. The van der Waals surface area contributed by atoms with Crippen molar-refractivity contribution >= 4 is 0 Å². The quantitative estimate of drug-likeness (QED) is 0.855. The van der Waals surface area contributed by atoms with E-state index < -0.39 is 5.60 Å². The Kier molecular flexibility index (Phi) is 3.74. The molecule has 0 saturated heterocycles. The summed E-state index contributed by atoms with van der Waals surface area (Å²) in [5.41, 5.74) is 0.469. The van der Waals surface area contributed by atoms with Gasteiger partial charge in [0.05, 0.1) is 5.60 Å². The van der Waals surface area contributed by atoms with Crippen LogP contribution in [-0.2, 0) is 5.41 Å². The van der Waals surface area contributed by atoms with E-state index in [9.17, 15) is 5.11 Å². The average molecular weight is 265 g/mol. The smallest absolute Gasteiger partial charge is 0.231 e. The summed E-state index contributed by atoms with van der Waals surface area (Å²) in [5, 5.41) is 13.0. The second-order valence-electron chi connectivity index (χ2n) is 6.37. The van der Waals surface area contributed by atoms with E-state index in [0.717, 1.165) is 18.0 Å². The largest absolute Gasteiger partial charge is 0.454 e. The second kappa shape index (κ2) is 5.02. The molecule has 2 rings (SSSR count). The molecule has 4 nitrogen and oxygen atoms in total. The Bertz CT molecular complexity index is 449. The van der Waals surface area contributed by atoms with E-state index in [0.29, 0.717) is 13.3 Å². The summed E-state index contributed by atoms with van der Waals surface area (Å²) >= 11 is 0. The van der Waals surface area contributed by atoms with Gasteiger partial charge in [-0.25, -0.2) is 0 Å². The highest BCUT2D eigenvalue weighted by molar-refractivity contribution is 5.46. The van der Waals surface area contributed by atoms with Crippen LogP contribution in [0.1, 0.15) is 33.3 Å². The highest BCUT2D eigenvalue weighted by atomic mass is 16.7. The summed E-state index contributed by atoms with van der Waals surface area (Å²) in [7, 11) is 0. The highest BCUT2D eigenvalue weighted by Crippen LogP contribution is 2.36. The molecule has 1 aromatic carbocycles. The maximum Gasteiger partial charge on any atom is 0.231 e. The summed E-state index contributed by atoms with van der Waals surface area (Å²) in [6.07, 6.45) is 0. The van der Waals surface area contributed by atoms with Gasteiger partial charge in [0.1, 0.15) is 0 Å². The molecule has 0 bridgehead atoms. The van der Waals surface area contributed by atoms with Gasteiger partial charge in [-0.05, 0) is 31.5 Å². The fraction of sp³-hybridized carbons (Fsp3) is 0.600. The number of ether oxygens (including phenoxy) is 2. The SMILES string of the molecule is CC(C)(O)CNCC(C)(C)c1ccc2c(c1)OCO2. The van der Waals surface area contributed by atoms with Gasteiger partial charge < -0.3 is 19.9 Å². The van der Waals surface area contributed by atoms with Crippen LogP contribution in [0.3, 0.4) is 0 Å². The first-order chi connectivity index (χ1) is 8.78. The minimum Gasteiger partial charge on any atom is -0.454 e. The molecule has 1 aliphatic heterocycles. The van der Waals surface area contributed by atoms with E-state index in [1.807, 2.05) is 12.1 Å². The van der Waals surface area contributed by atoms with Crippen LogP contribution in [0.15, 0.2) is 18.2 Å². The molecule has 1 heterocycles. The van der Waals surface area contributed by atoms with Crippen LogP contribution >= 0.6 is 0 Å². The zero-order valence-corrected chi connectivity index (χ0v) is 12.1. The van der Waals surface area contributed by atoms with Crippen molar-refractivity contribution in [2.75, 3.05) is 19.9 Å². The van der Waals surface area contributed by atoms with Crippen LogP contribution in [0, 0.1) is 0 Å². The van der Waals surface area contributed by atoms with Crippen LogP contribution in [0.5, 0.6) is 11.5 Å². The lowest BCUT2D eigenvalue weighted by molar-refractivity contribution is 0.0785. The van der Waals surface area contributed by atoms with E-state index in [1.165, 1.54) is 5.56 Å². The molecule has 0 aliphatic carbocycles. The average Bonchev–Trinajstić information content (AvgIpc) is 2.73. The summed E-state index contributed by atoms with van der Waals surface area (Å²) in [5.74, 6) is 1.62. The molecule has 0 atom stereocenters. The highest BCUT2D eigenvalue weighted by Gasteiger charge is 2.24. The zero-order chi connectivity index (χ0) is 14.1. The monoisotopic (exact) mass is 265 g/mol. The molecule has 4 heteroatoms. The van der Waals surface area contributed by atoms with Crippen molar-refractivity contribution in [1.29, 1.82) is 0 Å². The number of hydrogen-bond donors (Lipinski definition) is 2. The minimum atomic E-state index is -0.690. The molecule has 1 aromatic rings. The lowest BCUT2D eigenvalue weighted by Gasteiger charge is -2.28. The van der Waals surface area contributed by atoms with E-state index in [-0.39, 0.29) is 5.41 Å². The van der Waals surface area contributed by atoms with Crippen LogP contribution in [0.25, 0.3) is 0 Å². The van der Waals surface area contributed by atoms with Crippen LogP contribution in [0.2, 0.25) is 0 Å². The van der Waals surface area contributed by atoms with Gasteiger partial charge in [0.25, 0.3) is 0 Å². The predicted molar refractivity (Wildman–Crippen MR) is 74.8 cm³/mol. The van der Waals surface area contributed by atoms with Gasteiger partial charge in [0.2, 0.25) is 6.79 Å². The van der Waals surface area contributed by atoms with Gasteiger partial charge in [0, 0.05) is 18.5 Å². The van der Waals surface area contributed by atoms with Crippen LogP contribution in [0.4, 0.5) is 0 Å². The van der Waals surface area contributed by atoms with Crippen molar-refractivity contribution in [2.24, 2.45) is 0 Å².